The molecule has 9 heterocycles. The first-order valence-electron chi connectivity index (χ1n) is 18.5. The summed E-state index contributed by atoms with van der Waals surface area (Å²) in [5.74, 6) is 2.29. The Morgan fingerprint density at radius 2 is 0.889 bits per heavy atom. The maximum absolute atomic E-state index is 3.92. The lowest BCUT2D eigenvalue weighted by Gasteiger charge is -1.81. The highest BCUT2D eigenvalue weighted by molar-refractivity contribution is 4.95. The molecule has 324 valence electrons. The topological polar surface area (TPSA) is 296 Å². The van der Waals surface area contributed by atoms with Crippen LogP contribution in [0.4, 0.5) is 0 Å². The lowest BCUT2D eigenvalue weighted by molar-refractivity contribution is 0.839. The highest BCUT2D eigenvalue weighted by atomic mass is 15.3. The van der Waals surface area contributed by atoms with Crippen molar-refractivity contribution in [2.24, 2.45) is 0 Å². The van der Waals surface area contributed by atoms with E-state index in [-0.39, 0.29) is 0 Å². The molecule has 0 unspecified atom stereocenters. The quantitative estimate of drug-likeness (QED) is 0.208. The van der Waals surface area contributed by atoms with Crippen LogP contribution in [0.1, 0.15) is 51.6 Å². The van der Waals surface area contributed by atoms with Crippen molar-refractivity contribution in [3.63, 3.8) is 0 Å². The molecule has 0 bridgehead atoms. The molecular weight excluding hydrogens is 803 g/mol. The zero-order chi connectivity index (χ0) is 46.0. The van der Waals surface area contributed by atoms with Crippen molar-refractivity contribution >= 4 is 0 Å². The minimum atomic E-state index is 0.711. The molecular formula is C40H49N23. The average Bonchev–Trinajstić information content (AvgIpc) is 3.31. The highest BCUT2D eigenvalue weighted by Gasteiger charge is 1.80. The van der Waals surface area contributed by atoms with E-state index in [2.05, 4.69) is 116 Å². The number of hydrogen-bond acceptors (Lipinski definition) is 23. The van der Waals surface area contributed by atoms with Crippen LogP contribution in [0.2, 0.25) is 0 Å². The summed E-state index contributed by atoms with van der Waals surface area (Å²) < 4.78 is 0. The van der Waals surface area contributed by atoms with Gasteiger partial charge in [0.15, 0.2) is 0 Å². The van der Waals surface area contributed by atoms with Gasteiger partial charge in [0.2, 0.25) is 0 Å². The van der Waals surface area contributed by atoms with Gasteiger partial charge < -0.3 is 0 Å². The first kappa shape index (κ1) is 52.4. The van der Waals surface area contributed by atoms with Crippen LogP contribution in [-0.2, 0) is 0 Å². The van der Waals surface area contributed by atoms with Crippen molar-refractivity contribution in [1.82, 2.24) is 116 Å². The Labute approximate surface area is 365 Å². The molecule has 9 rings (SSSR count). The Balaban J connectivity index is 0.000000354. The van der Waals surface area contributed by atoms with E-state index in [4.69, 9.17) is 0 Å². The van der Waals surface area contributed by atoms with Crippen molar-refractivity contribution in [2.45, 2.75) is 62.3 Å². The van der Waals surface area contributed by atoms with Crippen molar-refractivity contribution in [3.8, 4) is 0 Å². The summed E-state index contributed by atoms with van der Waals surface area (Å²) >= 11 is 0. The Bertz CT molecular complexity index is 1760. The highest BCUT2D eigenvalue weighted by Crippen LogP contribution is 1.85. The van der Waals surface area contributed by atoms with E-state index >= 15 is 0 Å². The molecule has 0 amide bonds. The predicted octanol–water partition coefficient (Wildman–Crippen LogP) is 4.04. The van der Waals surface area contributed by atoms with Crippen molar-refractivity contribution in [1.29, 1.82) is 0 Å². The molecule has 9 aromatic rings. The van der Waals surface area contributed by atoms with Crippen LogP contribution in [0.3, 0.4) is 0 Å². The summed E-state index contributed by atoms with van der Waals surface area (Å²) in [4.78, 5) is 45.5. The molecule has 0 atom stereocenters. The monoisotopic (exact) mass is 851 g/mol. The molecule has 63 heavy (non-hydrogen) atoms. The van der Waals surface area contributed by atoms with Crippen LogP contribution in [0.5, 0.6) is 0 Å². The number of nitrogens with zero attached hydrogens (tertiary/aromatic N) is 23. The molecule has 0 N–H and O–H groups in total. The van der Waals surface area contributed by atoms with Crippen LogP contribution < -0.4 is 0 Å². The first-order chi connectivity index (χ1) is 30.5. The SMILES string of the molecule is Cc1cccnn1.Cc1ccncn1.Cc1ccnnn1.Cc1cnccn1.Cc1cncnn1.Cc1cnncn1.Cc1ncccn1.Cc1nccnn1.Cc1ncncn1. The minimum Gasteiger partial charge on any atom is -0.261 e. The van der Waals surface area contributed by atoms with E-state index < -0.39 is 0 Å². The summed E-state index contributed by atoms with van der Waals surface area (Å²) in [7, 11) is 0. The first-order valence-corrected chi connectivity index (χ1v) is 18.5. The van der Waals surface area contributed by atoms with Gasteiger partial charge in [-0.15, -0.1) is 25.5 Å². The molecule has 0 radical (unpaired) electrons. The van der Waals surface area contributed by atoms with Crippen LogP contribution in [0, 0.1) is 62.3 Å². The van der Waals surface area contributed by atoms with Gasteiger partial charge in [-0.3, -0.25) is 9.97 Å². The number of aromatic nitrogens is 23. The summed E-state index contributed by atoms with van der Waals surface area (Å²) in [6.07, 6.45) is 27.3. The average molecular weight is 852 g/mol. The molecule has 23 heteroatoms. The number of aryl methyl sites for hydroxylation is 9. The van der Waals surface area contributed by atoms with Gasteiger partial charge in [-0.25, -0.2) is 49.8 Å². The molecule has 23 nitrogen and oxygen atoms in total. The summed E-state index contributed by atoms with van der Waals surface area (Å²) in [6, 6.07) is 9.23. The lowest BCUT2D eigenvalue weighted by atomic mass is 10.4. The fourth-order valence-electron chi connectivity index (χ4n) is 3.00. The molecule has 0 fully saturated rings. The number of rotatable bonds is 0. The third kappa shape index (κ3) is 35.1. The van der Waals surface area contributed by atoms with Crippen LogP contribution >= 0.6 is 0 Å². The van der Waals surface area contributed by atoms with Gasteiger partial charge in [0.1, 0.15) is 49.1 Å². The van der Waals surface area contributed by atoms with Gasteiger partial charge in [0.05, 0.1) is 53.3 Å². The zero-order valence-electron chi connectivity index (χ0n) is 36.5. The Morgan fingerprint density at radius 3 is 1.17 bits per heavy atom. The smallest absolute Gasteiger partial charge is 0.147 e. The van der Waals surface area contributed by atoms with Crippen molar-refractivity contribution < 1.29 is 0 Å². The molecule has 0 spiro atoms. The second-order valence-corrected chi connectivity index (χ2v) is 11.5. The van der Waals surface area contributed by atoms with E-state index in [0.29, 0.717) is 5.82 Å². The normalized spacial score (nSPS) is 8.71. The van der Waals surface area contributed by atoms with Crippen LogP contribution in [0.25, 0.3) is 0 Å². The lowest BCUT2D eigenvalue weighted by Crippen LogP contribution is -1.85. The van der Waals surface area contributed by atoms with Gasteiger partial charge >= 0.3 is 0 Å². The van der Waals surface area contributed by atoms with Gasteiger partial charge in [0, 0.05) is 55.3 Å². The van der Waals surface area contributed by atoms with E-state index in [1.807, 2.05) is 73.6 Å². The maximum atomic E-state index is 3.92. The maximum Gasteiger partial charge on any atom is 0.147 e. The van der Waals surface area contributed by atoms with Crippen molar-refractivity contribution in [2.75, 3.05) is 0 Å². The van der Waals surface area contributed by atoms with Gasteiger partial charge in [-0.05, 0) is 97.9 Å². The van der Waals surface area contributed by atoms with E-state index in [0.717, 1.165) is 45.8 Å². The van der Waals surface area contributed by atoms with E-state index in [9.17, 15) is 0 Å². The predicted molar refractivity (Wildman–Crippen MR) is 230 cm³/mol. The van der Waals surface area contributed by atoms with E-state index in [1.54, 1.807) is 93.4 Å². The fourth-order valence-corrected chi connectivity index (χ4v) is 3.00. The standard InChI is InChI=1S/4C5H6N2.5C4H5N3/c1-5-4-6-2-3-7-5;1-5-2-3-6-4-7-5;1-5-6-3-2-4-7-5;1-5-3-2-4-6-7-5;1-4-6-2-5-3-7-4;1-4-2-6-7-3-5-4;1-4-2-5-3-6-7-4;1-4-5-2-3-6-7-4;1-4-2-3-5-7-6-4/h4*2-4H,1H3;5*2-3H,1H3. The minimum absolute atomic E-state index is 0.711. The Kier molecular flexibility index (Phi) is 30.3. The fraction of sp³-hybridized carbons (Fsp3) is 0.225. The second kappa shape index (κ2) is 36.4. The van der Waals surface area contributed by atoms with Gasteiger partial charge in [0.25, 0.3) is 0 Å². The molecule has 0 saturated heterocycles. The van der Waals surface area contributed by atoms with Crippen LogP contribution in [-0.4, -0.2) is 116 Å². The molecule has 0 aliphatic heterocycles. The van der Waals surface area contributed by atoms with Crippen molar-refractivity contribution in [3.05, 3.63) is 188 Å². The van der Waals surface area contributed by atoms with E-state index in [1.165, 1.54) is 31.6 Å². The molecule has 0 aliphatic rings. The number of hydrogen-bond donors (Lipinski definition) is 0. The molecule has 9 aromatic heterocycles. The van der Waals surface area contributed by atoms with Crippen LogP contribution in [0.15, 0.2) is 136 Å². The summed E-state index contributed by atoms with van der Waals surface area (Å²) in [6.45, 7) is 16.8. The Morgan fingerprint density at radius 1 is 0.270 bits per heavy atom. The molecule has 0 aromatic carbocycles. The summed E-state index contributed by atoms with van der Waals surface area (Å²) in [5, 5.41) is 39.3. The Hall–Kier alpha value is -8.63. The van der Waals surface area contributed by atoms with Gasteiger partial charge in [-0.1, -0.05) is 0 Å². The molecule has 0 aliphatic carbocycles. The summed E-state index contributed by atoms with van der Waals surface area (Å²) in [5.41, 5.74) is 5.58. The largest absolute Gasteiger partial charge is 0.261 e. The molecule has 0 saturated carbocycles. The van der Waals surface area contributed by atoms with Gasteiger partial charge in [-0.2, -0.15) is 25.5 Å². The zero-order valence-corrected chi connectivity index (χ0v) is 36.5. The third-order valence-electron chi connectivity index (χ3n) is 5.90. The third-order valence-corrected chi connectivity index (χ3v) is 5.90. The second-order valence-electron chi connectivity index (χ2n) is 11.5.